The Hall–Kier alpha value is -3.79. The Labute approximate surface area is 223 Å². The van der Waals surface area contributed by atoms with E-state index in [1.165, 1.54) is 14.2 Å². The number of nitrogen functional groups attached to an aromatic ring is 1. The molecular formula is C28H26IN3O4. The summed E-state index contributed by atoms with van der Waals surface area (Å²) in [5.74, 6) is -0.738. The number of pyridine rings is 2. The molecule has 0 aliphatic rings. The molecular weight excluding hydrogens is 569 g/mol. The number of nitrogens with zero attached hydrogens (tertiary/aromatic N) is 2. The minimum absolute atomic E-state index is 0.332. The van der Waals surface area contributed by atoms with Gasteiger partial charge in [-0.25, -0.2) is 9.59 Å². The number of aromatic nitrogens is 2. The van der Waals surface area contributed by atoms with Crippen LogP contribution in [0.4, 0.5) is 5.69 Å². The van der Waals surface area contributed by atoms with Gasteiger partial charge < -0.3 is 15.2 Å². The summed E-state index contributed by atoms with van der Waals surface area (Å²) in [6.45, 7) is 3.96. The predicted octanol–water partition coefficient (Wildman–Crippen LogP) is 5.87. The maximum Gasteiger partial charge on any atom is 0.337 e. The average Bonchev–Trinajstić information content (AvgIpc) is 2.88. The van der Waals surface area contributed by atoms with E-state index in [1.807, 2.05) is 50.4 Å². The van der Waals surface area contributed by atoms with Crippen LogP contribution in [0.5, 0.6) is 0 Å². The molecule has 2 aromatic heterocycles. The standard InChI is InChI=1S/C14H12INO2.C14H14N2O2/c2*1-9-3-4-13(16-8-9)10-5-11(14(17)18-2)7-12(15)6-10/h3-8H,1-2H3;3-8H,15H2,1-2H3. The molecule has 0 saturated heterocycles. The molecule has 4 aromatic rings. The summed E-state index contributed by atoms with van der Waals surface area (Å²) in [7, 11) is 2.72. The predicted molar refractivity (Wildman–Crippen MR) is 149 cm³/mol. The van der Waals surface area contributed by atoms with Crippen molar-refractivity contribution >= 4 is 40.2 Å². The lowest BCUT2D eigenvalue weighted by Gasteiger charge is -2.06. The number of carbonyl (C=O) groups excluding carboxylic acids is 2. The van der Waals surface area contributed by atoms with Crippen LogP contribution in [-0.4, -0.2) is 36.1 Å². The first-order chi connectivity index (χ1) is 17.2. The van der Waals surface area contributed by atoms with Gasteiger partial charge in [-0.3, -0.25) is 9.97 Å². The highest BCUT2D eigenvalue weighted by molar-refractivity contribution is 14.1. The molecule has 2 aromatic carbocycles. The fourth-order valence-electron chi connectivity index (χ4n) is 3.29. The van der Waals surface area contributed by atoms with Crippen molar-refractivity contribution in [1.29, 1.82) is 0 Å². The smallest absolute Gasteiger partial charge is 0.337 e. The molecule has 0 amide bonds. The van der Waals surface area contributed by atoms with Crippen LogP contribution >= 0.6 is 22.6 Å². The summed E-state index contributed by atoms with van der Waals surface area (Å²) >= 11 is 2.18. The van der Waals surface area contributed by atoms with Crippen LogP contribution in [-0.2, 0) is 9.47 Å². The van der Waals surface area contributed by atoms with Crippen LogP contribution in [0.1, 0.15) is 31.8 Å². The highest BCUT2D eigenvalue weighted by Crippen LogP contribution is 2.23. The van der Waals surface area contributed by atoms with E-state index < -0.39 is 5.97 Å². The second kappa shape index (κ2) is 12.3. The summed E-state index contributed by atoms with van der Waals surface area (Å²) in [6, 6.07) is 18.5. The van der Waals surface area contributed by atoms with Gasteiger partial charge in [-0.05, 0) is 96.1 Å². The SMILES string of the molecule is COC(=O)c1cc(I)cc(-c2ccc(C)cn2)c1.COC(=O)c1cc(N)cc(-c2ccc(C)cn2)c1. The van der Waals surface area contributed by atoms with E-state index in [0.717, 1.165) is 37.2 Å². The first-order valence-electron chi connectivity index (χ1n) is 10.9. The number of hydrogen-bond acceptors (Lipinski definition) is 7. The fourth-order valence-corrected chi connectivity index (χ4v) is 3.96. The molecule has 7 nitrogen and oxygen atoms in total. The largest absolute Gasteiger partial charge is 0.465 e. The molecule has 184 valence electrons. The number of hydrogen-bond donors (Lipinski definition) is 1. The Morgan fingerprint density at radius 2 is 1.19 bits per heavy atom. The van der Waals surface area contributed by atoms with Crippen LogP contribution in [0.3, 0.4) is 0 Å². The Morgan fingerprint density at radius 3 is 1.64 bits per heavy atom. The zero-order valence-electron chi connectivity index (χ0n) is 20.4. The Bertz CT molecular complexity index is 1260. The van der Waals surface area contributed by atoms with Crippen molar-refractivity contribution in [3.63, 3.8) is 0 Å². The number of carbonyl (C=O) groups is 2. The van der Waals surface area contributed by atoms with Gasteiger partial charge in [-0.15, -0.1) is 0 Å². The quantitative estimate of drug-likeness (QED) is 0.179. The first-order valence-corrected chi connectivity index (χ1v) is 12.0. The van der Waals surface area contributed by atoms with Crippen molar-refractivity contribution in [3.8, 4) is 22.5 Å². The van der Waals surface area contributed by atoms with Crippen molar-refractivity contribution in [2.75, 3.05) is 20.0 Å². The number of esters is 2. The third-order valence-electron chi connectivity index (χ3n) is 5.11. The lowest BCUT2D eigenvalue weighted by atomic mass is 10.1. The maximum absolute atomic E-state index is 11.6. The average molecular weight is 595 g/mol. The van der Waals surface area contributed by atoms with Crippen molar-refractivity contribution < 1.29 is 19.1 Å². The molecule has 4 rings (SSSR count). The zero-order valence-corrected chi connectivity index (χ0v) is 22.6. The third-order valence-corrected chi connectivity index (χ3v) is 5.73. The molecule has 2 N–H and O–H groups in total. The number of ether oxygens (including phenoxy) is 2. The molecule has 0 saturated carbocycles. The normalized spacial score (nSPS) is 10.1. The Kier molecular flexibility index (Phi) is 9.13. The van der Waals surface area contributed by atoms with Crippen LogP contribution in [0, 0.1) is 17.4 Å². The van der Waals surface area contributed by atoms with Crippen molar-refractivity contribution in [3.05, 3.63) is 98.9 Å². The van der Waals surface area contributed by atoms with Crippen LogP contribution < -0.4 is 5.73 Å². The van der Waals surface area contributed by atoms with E-state index >= 15 is 0 Å². The van der Waals surface area contributed by atoms with Gasteiger partial charge in [0.2, 0.25) is 0 Å². The number of rotatable bonds is 4. The summed E-state index contributed by atoms with van der Waals surface area (Å²) in [6.07, 6.45) is 3.59. The monoisotopic (exact) mass is 595 g/mol. The molecule has 36 heavy (non-hydrogen) atoms. The van der Waals surface area contributed by atoms with Gasteiger partial charge in [-0.1, -0.05) is 12.1 Å². The highest BCUT2D eigenvalue weighted by atomic mass is 127. The minimum atomic E-state index is -0.407. The Balaban J connectivity index is 0.000000201. The van der Waals surface area contributed by atoms with Gasteiger partial charge >= 0.3 is 11.9 Å². The second-order valence-corrected chi connectivity index (χ2v) is 9.24. The number of methoxy groups -OCH3 is 2. The van der Waals surface area contributed by atoms with Crippen molar-refractivity contribution in [2.45, 2.75) is 13.8 Å². The third kappa shape index (κ3) is 7.11. The molecule has 8 heteroatoms. The molecule has 0 fully saturated rings. The van der Waals surface area contributed by atoms with Gasteiger partial charge in [0, 0.05) is 32.8 Å². The number of nitrogens with two attached hydrogens (primary N) is 1. The summed E-state index contributed by atoms with van der Waals surface area (Å²) in [5, 5.41) is 0. The van der Waals surface area contributed by atoms with Gasteiger partial charge in [0.15, 0.2) is 0 Å². The van der Waals surface area contributed by atoms with Crippen LogP contribution in [0.2, 0.25) is 0 Å². The van der Waals surface area contributed by atoms with Gasteiger partial charge in [-0.2, -0.15) is 0 Å². The van der Waals surface area contributed by atoms with Gasteiger partial charge in [0.25, 0.3) is 0 Å². The number of benzene rings is 2. The number of halogens is 1. The Morgan fingerprint density at radius 1 is 0.722 bits per heavy atom. The van der Waals surface area contributed by atoms with E-state index in [9.17, 15) is 9.59 Å². The molecule has 0 radical (unpaired) electrons. The summed E-state index contributed by atoms with van der Waals surface area (Å²) in [4.78, 5) is 31.7. The van der Waals surface area contributed by atoms with Gasteiger partial charge in [0.05, 0.1) is 36.7 Å². The fraction of sp³-hybridized carbons (Fsp3) is 0.143. The van der Waals surface area contributed by atoms with E-state index in [-0.39, 0.29) is 5.97 Å². The maximum atomic E-state index is 11.6. The van der Waals surface area contributed by atoms with Crippen LogP contribution in [0.15, 0.2) is 73.1 Å². The number of aryl methyl sites for hydroxylation is 2. The van der Waals surface area contributed by atoms with E-state index in [0.29, 0.717) is 16.8 Å². The van der Waals surface area contributed by atoms with Crippen molar-refractivity contribution in [1.82, 2.24) is 9.97 Å². The lowest BCUT2D eigenvalue weighted by Crippen LogP contribution is -2.02. The van der Waals surface area contributed by atoms with E-state index in [2.05, 4.69) is 37.3 Å². The molecule has 2 heterocycles. The lowest BCUT2D eigenvalue weighted by molar-refractivity contribution is 0.0592. The molecule has 0 bridgehead atoms. The summed E-state index contributed by atoms with van der Waals surface area (Å²) < 4.78 is 10.4. The minimum Gasteiger partial charge on any atom is -0.465 e. The molecule has 0 unspecified atom stereocenters. The topological polar surface area (TPSA) is 104 Å². The first kappa shape index (κ1) is 26.8. The van der Waals surface area contributed by atoms with Gasteiger partial charge in [0.1, 0.15) is 0 Å². The molecule has 0 aliphatic carbocycles. The molecule has 0 atom stereocenters. The number of anilines is 1. The van der Waals surface area contributed by atoms with E-state index in [4.69, 9.17) is 10.5 Å². The van der Waals surface area contributed by atoms with Crippen molar-refractivity contribution in [2.24, 2.45) is 0 Å². The molecule has 0 aliphatic heterocycles. The molecule has 0 spiro atoms. The highest BCUT2D eigenvalue weighted by Gasteiger charge is 2.10. The zero-order chi connectivity index (χ0) is 26.2. The summed E-state index contributed by atoms with van der Waals surface area (Å²) in [5.41, 5.74) is 12.8. The second-order valence-electron chi connectivity index (χ2n) is 8.00. The van der Waals surface area contributed by atoms with E-state index in [1.54, 1.807) is 36.5 Å². The van der Waals surface area contributed by atoms with Crippen LogP contribution in [0.25, 0.3) is 22.5 Å².